The van der Waals surface area contributed by atoms with Gasteiger partial charge < -0.3 is 10.2 Å². The second-order valence-electron chi connectivity index (χ2n) is 7.40. The maximum Gasteiger partial charge on any atom is 0.194 e. The monoisotopic (exact) mass is 441 g/mol. The minimum absolute atomic E-state index is 0.250. The van der Waals surface area contributed by atoms with Crippen molar-refractivity contribution in [1.29, 1.82) is 0 Å². The number of benzene rings is 2. The fourth-order valence-corrected chi connectivity index (χ4v) is 3.93. The third kappa shape index (κ3) is 5.21. The van der Waals surface area contributed by atoms with Gasteiger partial charge >= 0.3 is 0 Å². The number of rotatable bonds is 5. The molecule has 0 radical (unpaired) electrons. The third-order valence-electron chi connectivity index (χ3n) is 5.39. The topological polar surface area (TPSA) is 72.4 Å². The van der Waals surface area contributed by atoms with Crippen LogP contribution < -0.4 is 5.32 Å². The quantitative estimate of drug-likeness (QED) is 0.470. The molecule has 4 rings (SSSR count). The average Bonchev–Trinajstić information content (AvgIpc) is 3.33. The van der Waals surface area contributed by atoms with Crippen molar-refractivity contribution in [3.8, 4) is 11.4 Å². The molecule has 2 heterocycles. The van der Waals surface area contributed by atoms with Crippen LogP contribution in [0.2, 0.25) is 5.02 Å². The summed E-state index contributed by atoms with van der Waals surface area (Å²) in [7, 11) is 1.79. The molecule has 7 nitrogen and oxygen atoms in total. The Morgan fingerprint density at radius 3 is 2.71 bits per heavy atom. The first-order chi connectivity index (χ1) is 15.1. The standard InChI is InChI=1S/C22H25ClFN7/c1-25-22(26-13-16-4-2-5-17(12-16)21-27-15-28-29-21)31-10-8-30(9-11-31)14-18-19(23)6-3-7-20(18)24/h2-7,12,15H,8-11,13-14H2,1H3,(H,25,26)(H,27,28,29). The molecule has 0 aliphatic carbocycles. The van der Waals surface area contributed by atoms with Crippen molar-refractivity contribution in [3.63, 3.8) is 0 Å². The summed E-state index contributed by atoms with van der Waals surface area (Å²) in [5.41, 5.74) is 2.68. The first-order valence-corrected chi connectivity index (χ1v) is 10.6. The van der Waals surface area contributed by atoms with Crippen LogP contribution in [0.1, 0.15) is 11.1 Å². The molecule has 0 saturated carbocycles. The number of H-pyrrole nitrogens is 1. The van der Waals surface area contributed by atoms with Crippen LogP contribution in [0.15, 0.2) is 53.8 Å². The zero-order valence-corrected chi connectivity index (χ0v) is 18.1. The molecular weight excluding hydrogens is 417 g/mol. The molecule has 0 bridgehead atoms. The summed E-state index contributed by atoms with van der Waals surface area (Å²) in [5.74, 6) is 1.35. The molecule has 1 saturated heterocycles. The number of hydrogen-bond donors (Lipinski definition) is 2. The maximum atomic E-state index is 14.1. The lowest BCUT2D eigenvalue weighted by molar-refractivity contribution is 0.171. The molecule has 2 aromatic carbocycles. The number of aliphatic imine (C=N–C) groups is 1. The first-order valence-electron chi connectivity index (χ1n) is 10.2. The highest BCUT2D eigenvalue weighted by atomic mass is 35.5. The number of halogens is 2. The van der Waals surface area contributed by atoms with Gasteiger partial charge in [0.15, 0.2) is 11.8 Å². The van der Waals surface area contributed by atoms with E-state index in [1.807, 2.05) is 12.1 Å². The van der Waals surface area contributed by atoms with Gasteiger partial charge in [0.1, 0.15) is 12.1 Å². The summed E-state index contributed by atoms with van der Waals surface area (Å²) >= 11 is 6.18. The minimum Gasteiger partial charge on any atom is -0.352 e. The first kappa shape index (κ1) is 21.3. The highest BCUT2D eigenvalue weighted by molar-refractivity contribution is 6.31. The van der Waals surface area contributed by atoms with Gasteiger partial charge in [0.25, 0.3) is 0 Å². The number of aromatic amines is 1. The van der Waals surface area contributed by atoms with Crippen molar-refractivity contribution in [2.45, 2.75) is 13.1 Å². The molecule has 1 aliphatic rings. The molecule has 162 valence electrons. The van der Waals surface area contributed by atoms with Gasteiger partial charge in [-0.25, -0.2) is 9.37 Å². The fraction of sp³-hybridized carbons (Fsp3) is 0.318. The summed E-state index contributed by atoms with van der Waals surface area (Å²) in [6, 6.07) is 13.0. The third-order valence-corrected chi connectivity index (χ3v) is 5.75. The normalized spacial score (nSPS) is 15.3. The van der Waals surface area contributed by atoms with Crippen LogP contribution in [0, 0.1) is 5.82 Å². The molecule has 2 N–H and O–H groups in total. The van der Waals surface area contributed by atoms with E-state index in [1.54, 1.807) is 19.2 Å². The fourth-order valence-electron chi connectivity index (χ4n) is 3.71. The highest BCUT2D eigenvalue weighted by Gasteiger charge is 2.21. The maximum absolute atomic E-state index is 14.1. The SMILES string of the molecule is CN=C(NCc1cccc(-c2ncn[nH]2)c1)N1CCN(Cc2c(F)cccc2Cl)CC1. The van der Waals surface area contributed by atoms with Gasteiger partial charge in [-0.05, 0) is 23.8 Å². The van der Waals surface area contributed by atoms with Crippen molar-refractivity contribution in [2.75, 3.05) is 33.2 Å². The summed E-state index contributed by atoms with van der Waals surface area (Å²) in [5, 5.41) is 10.7. The largest absolute Gasteiger partial charge is 0.352 e. The number of piperazine rings is 1. The van der Waals surface area contributed by atoms with E-state index in [0.717, 1.165) is 49.1 Å². The zero-order chi connectivity index (χ0) is 21.6. The summed E-state index contributed by atoms with van der Waals surface area (Å²) in [6.45, 7) is 4.41. The van der Waals surface area contributed by atoms with Gasteiger partial charge in [0.2, 0.25) is 0 Å². The van der Waals surface area contributed by atoms with Crippen LogP contribution in [0.5, 0.6) is 0 Å². The van der Waals surface area contributed by atoms with Crippen molar-refractivity contribution in [1.82, 2.24) is 30.3 Å². The van der Waals surface area contributed by atoms with E-state index in [1.165, 1.54) is 12.4 Å². The van der Waals surface area contributed by atoms with Crippen molar-refractivity contribution in [3.05, 3.63) is 70.8 Å². The highest BCUT2D eigenvalue weighted by Crippen LogP contribution is 2.21. The Hall–Kier alpha value is -2.97. The predicted molar refractivity (Wildman–Crippen MR) is 120 cm³/mol. The molecule has 0 unspecified atom stereocenters. The Labute approximate surface area is 186 Å². The second-order valence-corrected chi connectivity index (χ2v) is 7.81. The number of nitrogens with one attached hydrogen (secondary N) is 2. The lowest BCUT2D eigenvalue weighted by Crippen LogP contribution is -2.52. The van der Waals surface area contributed by atoms with Gasteiger partial charge in [-0.15, -0.1) is 0 Å². The van der Waals surface area contributed by atoms with Gasteiger partial charge in [-0.2, -0.15) is 5.10 Å². The molecule has 1 aromatic heterocycles. The van der Waals surface area contributed by atoms with Crippen molar-refractivity contribution in [2.24, 2.45) is 4.99 Å². The molecule has 1 aliphatic heterocycles. The number of aromatic nitrogens is 3. The number of nitrogens with zero attached hydrogens (tertiary/aromatic N) is 5. The average molecular weight is 442 g/mol. The van der Waals surface area contributed by atoms with E-state index in [4.69, 9.17) is 11.6 Å². The Morgan fingerprint density at radius 1 is 1.19 bits per heavy atom. The van der Waals surface area contributed by atoms with Gasteiger partial charge in [-0.1, -0.05) is 35.9 Å². The van der Waals surface area contributed by atoms with Crippen LogP contribution in [0.4, 0.5) is 4.39 Å². The van der Waals surface area contributed by atoms with Crippen molar-refractivity contribution >= 4 is 17.6 Å². The summed E-state index contributed by atoms with van der Waals surface area (Å²) < 4.78 is 14.1. The second kappa shape index (κ2) is 9.89. The minimum atomic E-state index is -0.250. The van der Waals surface area contributed by atoms with Crippen LogP contribution in [-0.2, 0) is 13.1 Å². The van der Waals surface area contributed by atoms with E-state index >= 15 is 0 Å². The summed E-state index contributed by atoms with van der Waals surface area (Å²) in [6.07, 6.45) is 1.50. The molecule has 0 atom stereocenters. The lowest BCUT2D eigenvalue weighted by atomic mass is 10.1. The molecule has 9 heteroatoms. The predicted octanol–water partition coefficient (Wildman–Crippen LogP) is 3.16. The van der Waals surface area contributed by atoms with Gasteiger partial charge in [0.05, 0.1) is 0 Å². The molecule has 3 aromatic rings. The van der Waals surface area contributed by atoms with E-state index in [0.29, 0.717) is 23.7 Å². The van der Waals surface area contributed by atoms with E-state index in [9.17, 15) is 4.39 Å². The smallest absolute Gasteiger partial charge is 0.194 e. The lowest BCUT2D eigenvalue weighted by Gasteiger charge is -2.36. The Kier molecular flexibility index (Phi) is 6.79. The van der Waals surface area contributed by atoms with Gasteiger partial charge in [0, 0.05) is 62.5 Å². The van der Waals surface area contributed by atoms with Crippen molar-refractivity contribution < 1.29 is 4.39 Å². The van der Waals surface area contributed by atoms with E-state index in [-0.39, 0.29) is 5.82 Å². The number of guanidine groups is 1. The molecule has 31 heavy (non-hydrogen) atoms. The van der Waals surface area contributed by atoms with E-state index < -0.39 is 0 Å². The molecular formula is C22H25ClFN7. The van der Waals surface area contributed by atoms with Crippen LogP contribution in [0.3, 0.4) is 0 Å². The van der Waals surface area contributed by atoms with Crippen LogP contribution in [-0.4, -0.2) is 64.2 Å². The molecule has 0 amide bonds. The number of hydrogen-bond acceptors (Lipinski definition) is 4. The van der Waals surface area contributed by atoms with Crippen LogP contribution >= 0.6 is 11.6 Å². The van der Waals surface area contributed by atoms with Crippen LogP contribution in [0.25, 0.3) is 11.4 Å². The van der Waals surface area contributed by atoms with E-state index in [2.05, 4.69) is 47.4 Å². The Bertz CT molecular complexity index is 1010. The Balaban J connectivity index is 1.31. The molecule has 1 fully saturated rings. The molecule has 0 spiro atoms. The van der Waals surface area contributed by atoms with Gasteiger partial charge in [-0.3, -0.25) is 15.0 Å². The Morgan fingerprint density at radius 2 is 2.00 bits per heavy atom. The zero-order valence-electron chi connectivity index (χ0n) is 17.4. The summed E-state index contributed by atoms with van der Waals surface area (Å²) in [4.78, 5) is 13.1.